The molecule has 0 fully saturated rings. The lowest BCUT2D eigenvalue weighted by Gasteiger charge is -2.13. The Morgan fingerprint density at radius 2 is 1.84 bits per heavy atom. The summed E-state index contributed by atoms with van der Waals surface area (Å²) in [6, 6.07) is 11.1. The molecule has 25 heavy (non-hydrogen) atoms. The summed E-state index contributed by atoms with van der Waals surface area (Å²) in [5, 5.41) is 3.71. The van der Waals surface area contributed by atoms with Gasteiger partial charge < -0.3 is 19.8 Å². The number of benzene rings is 2. The van der Waals surface area contributed by atoms with E-state index in [0.29, 0.717) is 17.2 Å². The zero-order valence-corrected chi connectivity index (χ0v) is 14.2. The van der Waals surface area contributed by atoms with Crippen molar-refractivity contribution < 1.29 is 18.7 Å². The summed E-state index contributed by atoms with van der Waals surface area (Å²) < 4.78 is 23.6. The summed E-state index contributed by atoms with van der Waals surface area (Å²) in [4.78, 5) is 15.6. The average molecular weight is 342 g/mol. The van der Waals surface area contributed by atoms with E-state index >= 15 is 0 Å². The van der Waals surface area contributed by atoms with Gasteiger partial charge in [0.05, 0.1) is 25.8 Å². The number of methoxy groups -OCH3 is 2. The molecule has 0 spiro atoms. The van der Waals surface area contributed by atoms with Gasteiger partial charge in [-0.15, -0.1) is 0 Å². The van der Waals surface area contributed by atoms with Crippen LogP contribution in [0.15, 0.2) is 42.5 Å². The fourth-order valence-corrected chi connectivity index (χ4v) is 2.69. The first kappa shape index (κ1) is 16.8. The summed E-state index contributed by atoms with van der Waals surface area (Å²) >= 11 is 0. The molecule has 6 heteroatoms. The van der Waals surface area contributed by atoms with Crippen LogP contribution in [0.4, 0.5) is 4.39 Å². The molecule has 3 rings (SSSR count). The summed E-state index contributed by atoms with van der Waals surface area (Å²) in [6.45, 7) is 1.84. The molecule has 0 bridgehead atoms. The smallest absolute Gasteiger partial charge is 0.268 e. The van der Waals surface area contributed by atoms with Crippen LogP contribution < -0.4 is 14.8 Å². The molecule has 1 atom stereocenters. The number of carbonyl (C=O) groups excluding carboxylic acids is 1. The number of aromatic amines is 1. The minimum atomic E-state index is -0.307. The standard InChI is InChI=1S/C19H19FN2O3/c1-11(12-4-6-14(20)7-5-12)21-19(23)16-9-13-8-15(24-2)10-17(25-3)18(13)22-16/h4-11,22H,1-3H3,(H,21,23)/t11-/m1/s1. The number of hydrogen-bond donors (Lipinski definition) is 2. The predicted octanol–water partition coefficient (Wildman–Crippen LogP) is 3.82. The van der Waals surface area contributed by atoms with Crippen molar-refractivity contribution in [1.82, 2.24) is 10.3 Å². The Labute approximate surface area is 144 Å². The number of halogens is 1. The second-order valence-corrected chi connectivity index (χ2v) is 5.72. The van der Waals surface area contributed by atoms with Crippen LogP contribution in [0.3, 0.4) is 0 Å². The summed E-state index contributed by atoms with van der Waals surface area (Å²) in [5.41, 5.74) is 1.96. The van der Waals surface area contributed by atoms with Gasteiger partial charge in [-0.25, -0.2) is 4.39 Å². The van der Waals surface area contributed by atoms with Crippen molar-refractivity contribution >= 4 is 16.8 Å². The van der Waals surface area contributed by atoms with Gasteiger partial charge in [-0.2, -0.15) is 0 Å². The minimum Gasteiger partial charge on any atom is -0.497 e. The quantitative estimate of drug-likeness (QED) is 0.741. The summed E-state index contributed by atoms with van der Waals surface area (Å²) in [6.07, 6.45) is 0. The maximum atomic E-state index is 13.0. The molecule has 0 radical (unpaired) electrons. The highest BCUT2D eigenvalue weighted by molar-refractivity contribution is 6.00. The van der Waals surface area contributed by atoms with Crippen LogP contribution in [-0.2, 0) is 0 Å². The number of rotatable bonds is 5. The van der Waals surface area contributed by atoms with Crippen LogP contribution in [0.25, 0.3) is 10.9 Å². The van der Waals surface area contributed by atoms with E-state index in [-0.39, 0.29) is 17.8 Å². The van der Waals surface area contributed by atoms with Crippen LogP contribution in [0, 0.1) is 5.82 Å². The van der Waals surface area contributed by atoms with Gasteiger partial charge in [0.25, 0.3) is 5.91 Å². The topological polar surface area (TPSA) is 63.4 Å². The maximum absolute atomic E-state index is 13.0. The maximum Gasteiger partial charge on any atom is 0.268 e. The Hall–Kier alpha value is -3.02. The van der Waals surface area contributed by atoms with Gasteiger partial charge in [-0.3, -0.25) is 4.79 Å². The molecule has 2 N–H and O–H groups in total. The van der Waals surface area contributed by atoms with E-state index in [4.69, 9.17) is 9.47 Å². The predicted molar refractivity (Wildman–Crippen MR) is 93.7 cm³/mol. The average Bonchev–Trinajstić information content (AvgIpc) is 3.05. The third kappa shape index (κ3) is 3.42. The highest BCUT2D eigenvalue weighted by Gasteiger charge is 2.16. The summed E-state index contributed by atoms with van der Waals surface area (Å²) in [5.74, 6) is 0.683. The zero-order chi connectivity index (χ0) is 18.0. The van der Waals surface area contributed by atoms with Crippen molar-refractivity contribution in [2.24, 2.45) is 0 Å². The summed E-state index contributed by atoms with van der Waals surface area (Å²) in [7, 11) is 3.14. The first-order chi connectivity index (χ1) is 12.0. The monoisotopic (exact) mass is 342 g/mol. The van der Waals surface area contributed by atoms with Gasteiger partial charge in [0.1, 0.15) is 23.0 Å². The van der Waals surface area contributed by atoms with Gasteiger partial charge >= 0.3 is 0 Å². The molecule has 0 saturated heterocycles. The molecule has 0 saturated carbocycles. The first-order valence-electron chi connectivity index (χ1n) is 7.83. The van der Waals surface area contributed by atoms with E-state index in [9.17, 15) is 9.18 Å². The number of fused-ring (bicyclic) bond motifs is 1. The lowest BCUT2D eigenvalue weighted by Crippen LogP contribution is -2.26. The number of nitrogens with one attached hydrogen (secondary N) is 2. The van der Waals surface area contributed by atoms with E-state index in [2.05, 4.69) is 10.3 Å². The zero-order valence-electron chi connectivity index (χ0n) is 14.2. The Balaban J connectivity index is 1.85. The number of carbonyl (C=O) groups is 1. The Kier molecular flexibility index (Phi) is 4.61. The molecule has 1 heterocycles. The van der Waals surface area contributed by atoms with E-state index in [1.165, 1.54) is 12.1 Å². The molecule has 0 aliphatic carbocycles. The molecular formula is C19H19FN2O3. The lowest BCUT2D eigenvalue weighted by molar-refractivity contribution is 0.0935. The highest BCUT2D eigenvalue weighted by atomic mass is 19.1. The van der Waals surface area contributed by atoms with Crippen LogP contribution in [0.2, 0.25) is 0 Å². The van der Waals surface area contributed by atoms with Crippen molar-refractivity contribution in [1.29, 1.82) is 0 Å². The molecule has 1 aromatic heterocycles. The number of ether oxygens (including phenoxy) is 2. The second-order valence-electron chi connectivity index (χ2n) is 5.72. The normalized spacial score (nSPS) is 12.0. The Bertz CT molecular complexity index is 903. The van der Waals surface area contributed by atoms with E-state index in [1.54, 1.807) is 38.5 Å². The van der Waals surface area contributed by atoms with Gasteiger partial charge in [0, 0.05) is 11.5 Å². The van der Waals surface area contributed by atoms with Gasteiger partial charge in [0.2, 0.25) is 0 Å². The molecule has 5 nitrogen and oxygen atoms in total. The fourth-order valence-electron chi connectivity index (χ4n) is 2.69. The van der Waals surface area contributed by atoms with E-state index in [1.807, 2.05) is 13.0 Å². The fraction of sp³-hybridized carbons (Fsp3) is 0.211. The number of hydrogen-bond acceptors (Lipinski definition) is 3. The molecule has 3 aromatic rings. The third-order valence-corrected chi connectivity index (χ3v) is 4.08. The molecule has 2 aromatic carbocycles. The van der Waals surface area contributed by atoms with Crippen LogP contribution in [-0.4, -0.2) is 25.1 Å². The van der Waals surface area contributed by atoms with Crippen molar-refractivity contribution in [3.8, 4) is 11.5 Å². The molecule has 0 aliphatic rings. The van der Waals surface area contributed by atoms with E-state index < -0.39 is 0 Å². The minimum absolute atomic E-state index is 0.254. The van der Waals surface area contributed by atoms with Crippen LogP contribution in [0.5, 0.6) is 11.5 Å². The van der Waals surface area contributed by atoms with Crippen molar-refractivity contribution in [3.05, 3.63) is 59.5 Å². The van der Waals surface area contributed by atoms with Crippen molar-refractivity contribution in [3.63, 3.8) is 0 Å². The number of H-pyrrole nitrogens is 1. The van der Waals surface area contributed by atoms with E-state index in [0.717, 1.165) is 16.5 Å². The van der Waals surface area contributed by atoms with Crippen molar-refractivity contribution in [2.45, 2.75) is 13.0 Å². The first-order valence-corrected chi connectivity index (χ1v) is 7.83. The number of aromatic nitrogens is 1. The molecule has 1 amide bonds. The molecular weight excluding hydrogens is 323 g/mol. The lowest BCUT2D eigenvalue weighted by atomic mass is 10.1. The molecule has 0 aliphatic heterocycles. The Morgan fingerprint density at radius 3 is 2.48 bits per heavy atom. The molecule has 130 valence electrons. The van der Waals surface area contributed by atoms with Crippen LogP contribution in [0.1, 0.15) is 29.0 Å². The van der Waals surface area contributed by atoms with Gasteiger partial charge in [-0.1, -0.05) is 12.1 Å². The third-order valence-electron chi connectivity index (χ3n) is 4.08. The molecule has 0 unspecified atom stereocenters. The SMILES string of the molecule is COc1cc(OC)c2[nH]c(C(=O)N[C@H](C)c3ccc(F)cc3)cc2c1. The van der Waals surface area contributed by atoms with Crippen molar-refractivity contribution in [2.75, 3.05) is 14.2 Å². The highest BCUT2D eigenvalue weighted by Crippen LogP contribution is 2.31. The van der Waals surface area contributed by atoms with Crippen LogP contribution >= 0.6 is 0 Å². The number of amides is 1. The second kappa shape index (κ2) is 6.84. The largest absolute Gasteiger partial charge is 0.497 e. The van der Waals surface area contributed by atoms with Gasteiger partial charge in [0.15, 0.2) is 0 Å². The van der Waals surface area contributed by atoms with Gasteiger partial charge in [-0.05, 0) is 36.8 Å². The Morgan fingerprint density at radius 1 is 1.12 bits per heavy atom.